The fourth-order valence-corrected chi connectivity index (χ4v) is 1.91. The van der Waals surface area contributed by atoms with E-state index < -0.39 is 5.82 Å². The van der Waals surface area contributed by atoms with E-state index in [4.69, 9.17) is 4.74 Å². The number of hydrogen-bond donors (Lipinski definition) is 0. The Morgan fingerprint density at radius 2 is 2.16 bits per heavy atom. The summed E-state index contributed by atoms with van der Waals surface area (Å²) in [6.45, 7) is 4.24. The predicted molar refractivity (Wildman–Crippen MR) is 69.0 cm³/mol. The number of carbonyl (C=O) groups is 1. The molecule has 0 spiro atoms. The molecule has 0 saturated carbocycles. The third-order valence-corrected chi connectivity index (χ3v) is 2.86. The number of hydrogen-bond acceptors (Lipinski definition) is 3. The number of carbonyl (C=O) groups excluding carboxylic acids is 1. The highest BCUT2D eigenvalue weighted by molar-refractivity contribution is 6.08. The van der Waals surface area contributed by atoms with E-state index in [1.807, 2.05) is 6.92 Å². The first-order valence-corrected chi connectivity index (χ1v) is 5.99. The van der Waals surface area contributed by atoms with Crippen LogP contribution in [0.3, 0.4) is 0 Å². The molecule has 19 heavy (non-hydrogen) atoms. The minimum Gasteiger partial charge on any atom is -0.497 e. The van der Waals surface area contributed by atoms with Crippen molar-refractivity contribution >= 4 is 5.78 Å². The lowest BCUT2D eigenvalue weighted by Crippen LogP contribution is -2.12. The normalized spacial score (nSPS) is 10.5. The van der Waals surface area contributed by atoms with E-state index in [1.165, 1.54) is 19.2 Å². The molecule has 0 aliphatic carbocycles. The van der Waals surface area contributed by atoms with Gasteiger partial charge in [-0.15, -0.1) is 0 Å². The Balaban J connectivity index is 2.44. The zero-order valence-electron chi connectivity index (χ0n) is 11.1. The molecular weight excluding hydrogens is 247 g/mol. The molecule has 0 atom stereocenters. The van der Waals surface area contributed by atoms with Gasteiger partial charge in [0.2, 0.25) is 5.78 Å². The lowest BCUT2D eigenvalue weighted by atomic mass is 10.1. The van der Waals surface area contributed by atoms with E-state index in [0.717, 1.165) is 5.69 Å². The summed E-state index contributed by atoms with van der Waals surface area (Å²) in [6, 6.07) is 5.86. The minimum absolute atomic E-state index is 0.0235. The van der Waals surface area contributed by atoms with Crippen LogP contribution < -0.4 is 4.74 Å². The molecule has 0 aliphatic heterocycles. The average Bonchev–Trinajstić information content (AvgIpc) is 2.79. The van der Waals surface area contributed by atoms with Gasteiger partial charge >= 0.3 is 0 Å². The van der Waals surface area contributed by atoms with E-state index >= 15 is 0 Å². The fraction of sp³-hybridized carbons (Fsp3) is 0.286. The molecule has 1 heterocycles. The third kappa shape index (κ3) is 2.50. The van der Waals surface area contributed by atoms with Crippen LogP contribution in [0, 0.1) is 12.7 Å². The highest BCUT2D eigenvalue weighted by Gasteiger charge is 2.19. The first-order valence-electron chi connectivity index (χ1n) is 5.99. The number of ether oxygens (including phenoxy) is 1. The molecule has 0 fully saturated rings. The van der Waals surface area contributed by atoms with Gasteiger partial charge in [0.05, 0.1) is 18.4 Å². The molecule has 2 rings (SSSR count). The molecule has 1 aromatic carbocycles. The van der Waals surface area contributed by atoms with E-state index in [2.05, 4.69) is 5.10 Å². The van der Waals surface area contributed by atoms with Crippen LogP contribution in [0.15, 0.2) is 24.3 Å². The number of aryl methyl sites for hydroxylation is 2. The number of aromatic nitrogens is 2. The Morgan fingerprint density at radius 1 is 1.42 bits per heavy atom. The first-order chi connectivity index (χ1) is 9.06. The summed E-state index contributed by atoms with van der Waals surface area (Å²) in [7, 11) is 1.45. The van der Waals surface area contributed by atoms with Gasteiger partial charge < -0.3 is 4.74 Å². The predicted octanol–water partition coefficient (Wildman–Crippen LogP) is 2.59. The molecule has 0 amide bonds. The second-order valence-electron chi connectivity index (χ2n) is 4.16. The molecular formula is C14H15FN2O2. The van der Waals surface area contributed by atoms with Crippen LogP contribution in [0.4, 0.5) is 4.39 Å². The van der Waals surface area contributed by atoms with Crippen molar-refractivity contribution < 1.29 is 13.9 Å². The van der Waals surface area contributed by atoms with Crippen LogP contribution in [0.25, 0.3) is 0 Å². The Morgan fingerprint density at radius 3 is 2.74 bits per heavy atom. The van der Waals surface area contributed by atoms with Crippen molar-refractivity contribution in [1.29, 1.82) is 0 Å². The van der Waals surface area contributed by atoms with Crippen molar-refractivity contribution in [3.05, 3.63) is 47.0 Å². The SMILES string of the molecule is CCn1nc(C)cc1C(=O)c1ccc(OC)cc1F. The summed E-state index contributed by atoms with van der Waals surface area (Å²) in [6.07, 6.45) is 0. The number of halogens is 1. The number of benzene rings is 1. The van der Waals surface area contributed by atoms with Gasteiger partial charge in [0.1, 0.15) is 17.3 Å². The van der Waals surface area contributed by atoms with Crippen molar-refractivity contribution in [2.45, 2.75) is 20.4 Å². The standard InChI is InChI=1S/C14H15FN2O2/c1-4-17-13(7-9(2)16-17)14(18)11-6-5-10(19-3)8-12(11)15/h5-8H,4H2,1-3H3. The summed E-state index contributed by atoms with van der Waals surface area (Å²) in [4.78, 5) is 12.3. The van der Waals surface area contributed by atoms with Gasteiger partial charge in [0.25, 0.3) is 0 Å². The maximum atomic E-state index is 13.9. The van der Waals surface area contributed by atoms with Crippen molar-refractivity contribution in [3.63, 3.8) is 0 Å². The van der Waals surface area contributed by atoms with Gasteiger partial charge in [-0.3, -0.25) is 9.48 Å². The molecule has 1 aromatic heterocycles. The van der Waals surface area contributed by atoms with Crippen LogP contribution in [0.1, 0.15) is 28.7 Å². The third-order valence-electron chi connectivity index (χ3n) is 2.86. The zero-order chi connectivity index (χ0) is 14.0. The van der Waals surface area contributed by atoms with E-state index in [1.54, 1.807) is 23.7 Å². The van der Waals surface area contributed by atoms with Crippen LogP contribution in [0.2, 0.25) is 0 Å². The van der Waals surface area contributed by atoms with Crippen LogP contribution >= 0.6 is 0 Å². The number of nitrogens with zero attached hydrogens (tertiary/aromatic N) is 2. The van der Waals surface area contributed by atoms with Crippen molar-refractivity contribution in [2.75, 3.05) is 7.11 Å². The Hall–Kier alpha value is -2.17. The topological polar surface area (TPSA) is 44.1 Å². The van der Waals surface area contributed by atoms with Gasteiger partial charge in [-0.2, -0.15) is 5.10 Å². The van der Waals surface area contributed by atoms with E-state index in [0.29, 0.717) is 18.0 Å². The maximum Gasteiger partial charge on any atom is 0.213 e. The minimum atomic E-state index is -0.592. The van der Waals surface area contributed by atoms with Gasteiger partial charge in [0, 0.05) is 12.6 Å². The molecule has 4 nitrogen and oxygen atoms in total. The summed E-state index contributed by atoms with van der Waals surface area (Å²) >= 11 is 0. The van der Waals surface area contributed by atoms with Crippen molar-refractivity contribution in [2.24, 2.45) is 0 Å². The van der Waals surface area contributed by atoms with E-state index in [9.17, 15) is 9.18 Å². The summed E-state index contributed by atoms with van der Waals surface area (Å²) in [5.74, 6) is -0.581. The van der Waals surface area contributed by atoms with Crippen LogP contribution in [0.5, 0.6) is 5.75 Å². The fourth-order valence-electron chi connectivity index (χ4n) is 1.91. The molecule has 0 radical (unpaired) electrons. The quantitative estimate of drug-likeness (QED) is 0.795. The highest BCUT2D eigenvalue weighted by atomic mass is 19.1. The largest absolute Gasteiger partial charge is 0.497 e. The van der Waals surface area contributed by atoms with Gasteiger partial charge in [-0.1, -0.05) is 0 Å². The summed E-state index contributed by atoms with van der Waals surface area (Å²) in [5.41, 5.74) is 1.15. The number of rotatable bonds is 4. The zero-order valence-corrected chi connectivity index (χ0v) is 11.1. The van der Waals surface area contributed by atoms with Crippen molar-refractivity contribution in [1.82, 2.24) is 9.78 Å². The molecule has 100 valence electrons. The number of methoxy groups -OCH3 is 1. The Kier molecular flexibility index (Phi) is 3.64. The summed E-state index contributed by atoms with van der Waals surface area (Å²) in [5, 5.41) is 4.19. The maximum absolute atomic E-state index is 13.9. The second kappa shape index (κ2) is 5.22. The average molecular weight is 262 g/mol. The highest BCUT2D eigenvalue weighted by Crippen LogP contribution is 2.19. The Bertz CT molecular complexity index is 620. The molecule has 0 saturated heterocycles. The van der Waals surface area contributed by atoms with Crippen molar-refractivity contribution in [3.8, 4) is 5.75 Å². The second-order valence-corrected chi connectivity index (χ2v) is 4.16. The molecule has 0 unspecified atom stereocenters. The number of ketones is 1. The van der Waals surface area contributed by atoms with Gasteiger partial charge in [-0.25, -0.2) is 4.39 Å². The van der Waals surface area contributed by atoms with Gasteiger partial charge in [0.15, 0.2) is 0 Å². The first kappa shape index (κ1) is 13.3. The van der Waals surface area contributed by atoms with Crippen LogP contribution in [-0.2, 0) is 6.54 Å². The van der Waals surface area contributed by atoms with Gasteiger partial charge in [-0.05, 0) is 32.0 Å². The Labute approximate surface area is 110 Å². The summed E-state index contributed by atoms with van der Waals surface area (Å²) < 4.78 is 20.4. The lowest BCUT2D eigenvalue weighted by molar-refractivity contribution is 0.102. The molecule has 0 aliphatic rings. The van der Waals surface area contributed by atoms with E-state index in [-0.39, 0.29) is 11.3 Å². The lowest BCUT2D eigenvalue weighted by Gasteiger charge is -2.06. The monoisotopic (exact) mass is 262 g/mol. The van der Waals surface area contributed by atoms with Crippen LogP contribution in [-0.4, -0.2) is 22.7 Å². The molecule has 2 aromatic rings. The smallest absolute Gasteiger partial charge is 0.213 e. The molecule has 0 bridgehead atoms. The molecule has 5 heteroatoms. The molecule has 0 N–H and O–H groups in total.